The summed E-state index contributed by atoms with van der Waals surface area (Å²) in [5, 5.41) is 0. The van der Waals surface area contributed by atoms with E-state index in [0.29, 0.717) is 11.1 Å². The third-order valence-corrected chi connectivity index (χ3v) is 1.74. The summed E-state index contributed by atoms with van der Waals surface area (Å²) >= 11 is 3.60. The molecule has 5 heteroatoms. The summed E-state index contributed by atoms with van der Waals surface area (Å²) in [5.74, 6) is -0.836. The van der Waals surface area contributed by atoms with Crippen molar-refractivity contribution in [2.75, 3.05) is 0 Å². The van der Waals surface area contributed by atoms with Gasteiger partial charge in [0, 0.05) is 11.1 Å². The number of hydrogen-bond acceptors (Lipinski definition) is 3. The van der Waals surface area contributed by atoms with E-state index >= 15 is 0 Å². The molecule has 68 valence electrons. The normalized spacial score (nSPS) is 9.31. The van der Waals surface area contributed by atoms with E-state index in [1.807, 2.05) is 0 Å². The Kier molecular flexibility index (Phi) is 2.92. The standard InChI is InChI=1S/C8H8N2O2S/c9-7(11)5-1-3-6(4-2-5)8(12)10-13/h1-4,13H,(H2,9,11)(H,10,12). The minimum Gasteiger partial charge on any atom is -0.366 e. The van der Waals surface area contributed by atoms with Crippen molar-refractivity contribution in [1.29, 1.82) is 0 Å². The van der Waals surface area contributed by atoms with Gasteiger partial charge < -0.3 is 5.73 Å². The van der Waals surface area contributed by atoms with Crippen molar-refractivity contribution >= 4 is 24.6 Å². The number of nitrogens with one attached hydrogen (secondary N) is 1. The fourth-order valence-corrected chi connectivity index (χ4v) is 0.980. The second-order valence-electron chi connectivity index (χ2n) is 2.38. The molecule has 0 saturated carbocycles. The molecule has 2 amide bonds. The SMILES string of the molecule is NC(=O)c1ccc(C(=O)NS)cc1. The predicted molar refractivity (Wildman–Crippen MR) is 51.4 cm³/mol. The summed E-state index contributed by atoms with van der Waals surface area (Å²) in [6.45, 7) is 0. The molecule has 0 spiro atoms. The lowest BCUT2D eigenvalue weighted by atomic mass is 10.1. The Labute approximate surface area is 80.7 Å². The molecule has 0 radical (unpaired) electrons. The van der Waals surface area contributed by atoms with E-state index in [1.165, 1.54) is 24.3 Å². The molecule has 0 aliphatic rings. The van der Waals surface area contributed by atoms with Crippen molar-refractivity contribution in [3.05, 3.63) is 35.4 Å². The molecule has 1 rings (SSSR count). The fraction of sp³-hybridized carbons (Fsp3) is 0. The molecule has 4 nitrogen and oxygen atoms in total. The van der Waals surface area contributed by atoms with Crippen LogP contribution in [0.4, 0.5) is 0 Å². The van der Waals surface area contributed by atoms with E-state index in [9.17, 15) is 9.59 Å². The first-order valence-electron chi connectivity index (χ1n) is 3.49. The molecule has 0 aliphatic carbocycles. The largest absolute Gasteiger partial charge is 0.366 e. The Balaban J connectivity index is 2.93. The lowest BCUT2D eigenvalue weighted by Gasteiger charge is -1.99. The van der Waals surface area contributed by atoms with Gasteiger partial charge in [-0.2, -0.15) is 0 Å². The van der Waals surface area contributed by atoms with Gasteiger partial charge in [0.2, 0.25) is 5.91 Å². The van der Waals surface area contributed by atoms with Crippen LogP contribution in [0.3, 0.4) is 0 Å². The highest BCUT2D eigenvalue weighted by atomic mass is 32.1. The zero-order valence-corrected chi connectivity index (χ0v) is 7.54. The number of amides is 2. The van der Waals surface area contributed by atoms with Gasteiger partial charge in [-0.3, -0.25) is 14.3 Å². The van der Waals surface area contributed by atoms with Crippen molar-refractivity contribution in [1.82, 2.24) is 4.72 Å². The average molecular weight is 196 g/mol. The molecule has 0 fully saturated rings. The van der Waals surface area contributed by atoms with E-state index < -0.39 is 5.91 Å². The predicted octanol–water partition coefficient (Wildman–Crippen LogP) is 0.360. The number of rotatable bonds is 2. The maximum Gasteiger partial charge on any atom is 0.260 e. The first-order chi connectivity index (χ1) is 6.15. The number of benzene rings is 1. The van der Waals surface area contributed by atoms with Crippen LogP contribution in [0.5, 0.6) is 0 Å². The molecule has 0 bridgehead atoms. The zero-order valence-electron chi connectivity index (χ0n) is 6.65. The van der Waals surface area contributed by atoms with Gasteiger partial charge in [-0.05, 0) is 24.3 Å². The summed E-state index contributed by atoms with van der Waals surface area (Å²) in [6, 6.07) is 5.98. The van der Waals surface area contributed by atoms with Crippen LogP contribution in [0.25, 0.3) is 0 Å². The Morgan fingerprint density at radius 3 is 2.00 bits per heavy atom. The Hall–Kier alpha value is -1.49. The van der Waals surface area contributed by atoms with Gasteiger partial charge in [0.1, 0.15) is 0 Å². The van der Waals surface area contributed by atoms with Gasteiger partial charge in [-0.15, -0.1) is 0 Å². The van der Waals surface area contributed by atoms with Crippen LogP contribution in [0, 0.1) is 0 Å². The first-order valence-corrected chi connectivity index (χ1v) is 3.94. The van der Waals surface area contributed by atoms with Gasteiger partial charge in [-0.1, -0.05) is 12.8 Å². The van der Waals surface area contributed by atoms with Gasteiger partial charge in [0.25, 0.3) is 5.91 Å². The number of primary amides is 1. The number of hydrogen-bond donors (Lipinski definition) is 3. The van der Waals surface area contributed by atoms with Crippen molar-refractivity contribution in [2.45, 2.75) is 0 Å². The lowest BCUT2D eigenvalue weighted by Crippen LogP contribution is -2.14. The highest BCUT2D eigenvalue weighted by Gasteiger charge is 2.04. The summed E-state index contributed by atoms with van der Waals surface area (Å²) in [5.41, 5.74) is 5.82. The Morgan fingerprint density at radius 1 is 1.15 bits per heavy atom. The van der Waals surface area contributed by atoms with E-state index in [-0.39, 0.29) is 5.91 Å². The number of thiol groups is 1. The van der Waals surface area contributed by atoms with Gasteiger partial charge >= 0.3 is 0 Å². The summed E-state index contributed by atoms with van der Waals surface area (Å²) in [7, 11) is 0. The molecule has 0 unspecified atom stereocenters. The van der Waals surface area contributed by atoms with Crippen molar-refractivity contribution in [3.8, 4) is 0 Å². The van der Waals surface area contributed by atoms with Crippen LogP contribution >= 0.6 is 12.8 Å². The van der Waals surface area contributed by atoms with E-state index in [1.54, 1.807) is 0 Å². The molecule has 13 heavy (non-hydrogen) atoms. The maximum atomic E-state index is 11.0. The quantitative estimate of drug-likeness (QED) is 0.597. The zero-order chi connectivity index (χ0) is 9.84. The third-order valence-electron chi connectivity index (χ3n) is 1.53. The van der Waals surface area contributed by atoms with E-state index in [2.05, 4.69) is 17.5 Å². The minimum absolute atomic E-state index is 0.320. The van der Waals surface area contributed by atoms with E-state index in [0.717, 1.165) is 0 Å². The number of nitrogens with two attached hydrogens (primary N) is 1. The summed E-state index contributed by atoms with van der Waals surface area (Å²) in [4.78, 5) is 21.6. The first kappa shape index (κ1) is 9.60. The molecule has 0 aliphatic heterocycles. The molecule has 0 atom stereocenters. The minimum atomic E-state index is -0.516. The molecule has 1 aromatic rings. The second-order valence-corrected chi connectivity index (χ2v) is 2.61. The highest BCUT2D eigenvalue weighted by Crippen LogP contribution is 2.03. The van der Waals surface area contributed by atoms with Crippen LogP contribution in [0.1, 0.15) is 20.7 Å². The van der Waals surface area contributed by atoms with Crippen LogP contribution in [-0.2, 0) is 0 Å². The van der Waals surface area contributed by atoms with Crippen molar-refractivity contribution in [2.24, 2.45) is 5.73 Å². The molecular weight excluding hydrogens is 188 g/mol. The van der Waals surface area contributed by atoms with Crippen LogP contribution < -0.4 is 10.5 Å². The topological polar surface area (TPSA) is 72.2 Å². The molecular formula is C8H8N2O2S. The van der Waals surface area contributed by atoms with Gasteiger partial charge in [-0.25, -0.2) is 0 Å². The smallest absolute Gasteiger partial charge is 0.260 e. The molecule has 1 aromatic carbocycles. The molecule has 0 saturated heterocycles. The van der Waals surface area contributed by atoms with Crippen LogP contribution in [0.2, 0.25) is 0 Å². The Morgan fingerprint density at radius 2 is 1.62 bits per heavy atom. The average Bonchev–Trinajstić information content (AvgIpc) is 2.17. The Bertz CT molecular complexity index is 335. The van der Waals surface area contributed by atoms with Crippen LogP contribution in [0.15, 0.2) is 24.3 Å². The highest BCUT2D eigenvalue weighted by molar-refractivity contribution is 7.78. The third kappa shape index (κ3) is 2.22. The molecule has 0 aromatic heterocycles. The van der Waals surface area contributed by atoms with Crippen molar-refractivity contribution in [3.63, 3.8) is 0 Å². The van der Waals surface area contributed by atoms with Crippen LogP contribution in [-0.4, -0.2) is 11.8 Å². The second kappa shape index (κ2) is 3.95. The lowest BCUT2D eigenvalue weighted by molar-refractivity contribution is 0.0978. The van der Waals surface area contributed by atoms with Gasteiger partial charge in [0.05, 0.1) is 0 Å². The monoisotopic (exact) mass is 196 g/mol. The maximum absolute atomic E-state index is 11.0. The van der Waals surface area contributed by atoms with Gasteiger partial charge in [0.15, 0.2) is 0 Å². The van der Waals surface area contributed by atoms with E-state index in [4.69, 9.17) is 5.73 Å². The molecule has 0 heterocycles. The number of carbonyl (C=O) groups excluding carboxylic acids is 2. The van der Waals surface area contributed by atoms with Crippen molar-refractivity contribution < 1.29 is 9.59 Å². The summed E-state index contributed by atoms with van der Waals surface area (Å²) in [6.07, 6.45) is 0. The summed E-state index contributed by atoms with van der Waals surface area (Å²) < 4.78 is 2.17. The number of carbonyl (C=O) groups is 2. The molecule has 3 N–H and O–H groups in total. The fourth-order valence-electron chi connectivity index (χ4n) is 0.850.